The summed E-state index contributed by atoms with van der Waals surface area (Å²) in [5.41, 5.74) is 9.78. The SMILES string of the molecule is CCOCc1nc2c(N)nc3ccccc3c2n1CCCC(C)=NOC.Cl. The maximum Gasteiger partial charge on any atom is 0.152 e. The molecule has 3 rings (SSSR count). The highest BCUT2D eigenvalue weighted by atomic mass is 35.5. The van der Waals surface area contributed by atoms with E-state index in [0.717, 1.165) is 52.9 Å². The van der Waals surface area contributed by atoms with Gasteiger partial charge in [-0.2, -0.15) is 0 Å². The second-order valence-corrected chi connectivity index (χ2v) is 6.14. The number of benzene rings is 1. The summed E-state index contributed by atoms with van der Waals surface area (Å²) >= 11 is 0. The molecule has 0 bridgehead atoms. The van der Waals surface area contributed by atoms with Crippen molar-refractivity contribution in [3.63, 3.8) is 0 Å². The predicted octanol–water partition coefficient (Wildman–Crippen LogP) is 3.93. The van der Waals surface area contributed by atoms with Gasteiger partial charge in [-0.25, -0.2) is 9.97 Å². The monoisotopic (exact) mass is 391 g/mol. The van der Waals surface area contributed by atoms with Crippen LogP contribution in [0.2, 0.25) is 0 Å². The number of anilines is 1. The molecule has 0 saturated carbocycles. The molecule has 0 fully saturated rings. The number of pyridine rings is 1. The fourth-order valence-corrected chi connectivity index (χ4v) is 3.14. The van der Waals surface area contributed by atoms with Crippen molar-refractivity contribution in [1.82, 2.24) is 14.5 Å². The van der Waals surface area contributed by atoms with E-state index in [4.69, 9.17) is 20.3 Å². The van der Waals surface area contributed by atoms with Crippen LogP contribution in [0.15, 0.2) is 29.4 Å². The molecule has 0 aliphatic carbocycles. The first-order valence-corrected chi connectivity index (χ1v) is 8.83. The Bertz CT molecular complexity index is 939. The van der Waals surface area contributed by atoms with E-state index < -0.39 is 0 Å². The maximum absolute atomic E-state index is 6.19. The van der Waals surface area contributed by atoms with Crippen LogP contribution in [-0.4, -0.2) is 34.0 Å². The molecule has 0 unspecified atom stereocenters. The molecule has 3 aromatic rings. The third-order valence-corrected chi connectivity index (χ3v) is 4.29. The van der Waals surface area contributed by atoms with E-state index in [2.05, 4.69) is 20.8 Å². The van der Waals surface area contributed by atoms with Crippen molar-refractivity contribution >= 4 is 45.9 Å². The summed E-state index contributed by atoms with van der Waals surface area (Å²) in [6.45, 7) is 5.82. The summed E-state index contributed by atoms with van der Waals surface area (Å²) in [6.07, 6.45) is 1.76. The number of rotatable bonds is 8. The van der Waals surface area contributed by atoms with Crippen LogP contribution in [0.5, 0.6) is 0 Å². The van der Waals surface area contributed by atoms with E-state index >= 15 is 0 Å². The second-order valence-electron chi connectivity index (χ2n) is 6.14. The Balaban J connectivity index is 0.00000261. The van der Waals surface area contributed by atoms with Gasteiger partial charge in [-0.3, -0.25) is 0 Å². The second kappa shape index (κ2) is 9.53. The molecule has 2 N–H and O–H groups in total. The number of oxime groups is 1. The van der Waals surface area contributed by atoms with Gasteiger partial charge in [-0.1, -0.05) is 23.4 Å². The highest BCUT2D eigenvalue weighted by Gasteiger charge is 2.17. The molecule has 0 aliphatic heterocycles. The third-order valence-electron chi connectivity index (χ3n) is 4.29. The standard InChI is InChI=1S/C19H25N5O2.ClH/c1-4-26-12-16-22-17-18(24(16)11-7-8-13(2)23-25-3)14-9-5-6-10-15(14)21-19(17)20;/h5-6,9-10H,4,7-8,11-12H2,1-3H3,(H2,20,21);1H. The number of hydrogen-bond acceptors (Lipinski definition) is 6. The molecule has 2 aromatic heterocycles. The number of para-hydroxylation sites is 1. The molecule has 7 nitrogen and oxygen atoms in total. The molecule has 2 heterocycles. The smallest absolute Gasteiger partial charge is 0.152 e. The molecule has 8 heteroatoms. The number of aryl methyl sites for hydroxylation is 1. The fourth-order valence-electron chi connectivity index (χ4n) is 3.14. The van der Waals surface area contributed by atoms with Gasteiger partial charge in [0, 0.05) is 18.5 Å². The lowest BCUT2D eigenvalue weighted by atomic mass is 10.1. The summed E-state index contributed by atoms with van der Waals surface area (Å²) in [4.78, 5) is 14.1. The Hall–Kier alpha value is -2.38. The predicted molar refractivity (Wildman–Crippen MR) is 111 cm³/mol. The number of nitrogen functional groups attached to an aromatic ring is 1. The van der Waals surface area contributed by atoms with Crippen LogP contribution in [0.25, 0.3) is 21.9 Å². The van der Waals surface area contributed by atoms with E-state index in [1.165, 1.54) is 0 Å². The van der Waals surface area contributed by atoms with Crippen molar-refractivity contribution in [3.05, 3.63) is 30.1 Å². The van der Waals surface area contributed by atoms with Gasteiger partial charge in [-0.15, -0.1) is 12.4 Å². The summed E-state index contributed by atoms with van der Waals surface area (Å²) in [5, 5.41) is 5.03. The highest BCUT2D eigenvalue weighted by Crippen LogP contribution is 2.29. The van der Waals surface area contributed by atoms with Crippen molar-refractivity contribution < 1.29 is 9.57 Å². The van der Waals surface area contributed by atoms with E-state index in [-0.39, 0.29) is 12.4 Å². The zero-order chi connectivity index (χ0) is 18.5. The van der Waals surface area contributed by atoms with Crippen LogP contribution in [0, 0.1) is 0 Å². The zero-order valence-corrected chi connectivity index (χ0v) is 16.8. The van der Waals surface area contributed by atoms with Crippen LogP contribution in [0.4, 0.5) is 5.82 Å². The van der Waals surface area contributed by atoms with Crippen molar-refractivity contribution in [2.24, 2.45) is 5.16 Å². The first-order valence-electron chi connectivity index (χ1n) is 8.83. The minimum atomic E-state index is 0. The van der Waals surface area contributed by atoms with E-state index in [0.29, 0.717) is 19.0 Å². The quantitative estimate of drug-likeness (QED) is 0.464. The number of aromatic nitrogens is 3. The van der Waals surface area contributed by atoms with Gasteiger partial charge in [0.25, 0.3) is 0 Å². The summed E-state index contributed by atoms with van der Waals surface area (Å²) in [5.74, 6) is 1.32. The fraction of sp³-hybridized carbons (Fsp3) is 0.421. The Kier molecular flexibility index (Phi) is 7.38. The molecule has 1 aromatic carbocycles. The Morgan fingerprint density at radius 3 is 2.78 bits per heavy atom. The number of halogens is 1. The number of hydrogen-bond donors (Lipinski definition) is 1. The van der Waals surface area contributed by atoms with E-state index in [1.54, 1.807) is 7.11 Å². The lowest BCUT2D eigenvalue weighted by Crippen LogP contribution is -2.07. The number of imidazole rings is 1. The van der Waals surface area contributed by atoms with E-state index in [9.17, 15) is 0 Å². The molecule has 0 amide bonds. The van der Waals surface area contributed by atoms with Gasteiger partial charge in [-0.05, 0) is 32.8 Å². The Morgan fingerprint density at radius 2 is 2.04 bits per heavy atom. The summed E-state index contributed by atoms with van der Waals surface area (Å²) < 4.78 is 7.82. The van der Waals surface area contributed by atoms with Gasteiger partial charge in [0.2, 0.25) is 0 Å². The van der Waals surface area contributed by atoms with Gasteiger partial charge in [0.15, 0.2) is 5.82 Å². The molecule has 146 valence electrons. The third kappa shape index (κ3) is 4.48. The van der Waals surface area contributed by atoms with Crippen LogP contribution >= 0.6 is 12.4 Å². The highest BCUT2D eigenvalue weighted by molar-refractivity contribution is 6.06. The first-order chi connectivity index (χ1) is 12.7. The Morgan fingerprint density at radius 1 is 1.26 bits per heavy atom. The van der Waals surface area contributed by atoms with Gasteiger partial charge < -0.3 is 19.9 Å². The minimum Gasteiger partial charge on any atom is -0.399 e. The minimum absolute atomic E-state index is 0. The summed E-state index contributed by atoms with van der Waals surface area (Å²) in [6, 6.07) is 8.01. The lowest BCUT2D eigenvalue weighted by Gasteiger charge is -2.11. The zero-order valence-electron chi connectivity index (χ0n) is 15.9. The number of nitrogens with two attached hydrogens (primary N) is 1. The lowest BCUT2D eigenvalue weighted by molar-refractivity contribution is 0.126. The van der Waals surface area contributed by atoms with Crippen LogP contribution in [0.1, 0.15) is 32.5 Å². The van der Waals surface area contributed by atoms with Crippen LogP contribution < -0.4 is 5.73 Å². The molecule has 0 radical (unpaired) electrons. The molecular weight excluding hydrogens is 366 g/mol. The largest absolute Gasteiger partial charge is 0.399 e. The van der Waals surface area contributed by atoms with Crippen molar-refractivity contribution in [1.29, 1.82) is 0 Å². The molecule has 0 spiro atoms. The first kappa shape index (κ1) is 20.9. The van der Waals surface area contributed by atoms with Crippen molar-refractivity contribution in [2.45, 2.75) is 39.8 Å². The van der Waals surface area contributed by atoms with Gasteiger partial charge in [0.05, 0.1) is 16.7 Å². The average molecular weight is 392 g/mol. The number of fused-ring (bicyclic) bond motifs is 3. The number of nitrogens with zero attached hydrogens (tertiary/aromatic N) is 4. The molecule has 27 heavy (non-hydrogen) atoms. The number of ether oxygens (including phenoxy) is 1. The molecule has 0 aliphatic rings. The van der Waals surface area contributed by atoms with Crippen LogP contribution in [-0.2, 0) is 22.7 Å². The van der Waals surface area contributed by atoms with Crippen LogP contribution in [0.3, 0.4) is 0 Å². The molecule has 0 atom stereocenters. The van der Waals surface area contributed by atoms with Crippen molar-refractivity contribution in [3.8, 4) is 0 Å². The normalized spacial score (nSPS) is 11.7. The topological polar surface area (TPSA) is 87.6 Å². The van der Waals surface area contributed by atoms with Crippen molar-refractivity contribution in [2.75, 3.05) is 19.5 Å². The maximum atomic E-state index is 6.19. The molecular formula is C19H26ClN5O2. The molecule has 0 saturated heterocycles. The van der Waals surface area contributed by atoms with E-state index in [1.807, 2.05) is 32.0 Å². The Labute approximate surface area is 165 Å². The average Bonchev–Trinajstić information content (AvgIpc) is 3.00. The summed E-state index contributed by atoms with van der Waals surface area (Å²) in [7, 11) is 1.56. The van der Waals surface area contributed by atoms with Gasteiger partial charge in [0.1, 0.15) is 25.1 Å². The van der Waals surface area contributed by atoms with Gasteiger partial charge >= 0.3 is 0 Å².